The van der Waals surface area contributed by atoms with Gasteiger partial charge in [0.2, 0.25) is 5.76 Å². The molecule has 3 aromatic rings. The van der Waals surface area contributed by atoms with Crippen LogP contribution < -0.4 is 5.32 Å². The van der Waals surface area contributed by atoms with Crippen molar-refractivity contribution in [1.29, 1.82) is 0 Å². The summed E-state index contributed by atoms with van der Waals surface area (Å²) in [6.07, 6.45) is -1.11. The minimum absolute atomic E-state index is 0.00293. The van der Waals surface area contributed by atoms with Crippen molar-refractivity contribution in [2.75, 3.05) is 12.4 Å². The van der Waals surface area contributed by atoms with Gasteiger partial charge in [0, 0.05) is 23.6 Å². The van der Waals surface area contributed by atoms with Gasteiger partial charge >= 0.3 is 5.97 Å². The van der Waals surface area contributed by atoms with E-state index >= 15 is 0 Å². The fourth-order valence-corrected chi connectivity index (χ4v) is 2.95. The lowest BCUT2D eigenvalue weighted by molar-refractivity contribution is -0.123. The Labute approximate surface area is 167 Å². The van der Waals surface area contributed by atoms with E-state index in [9.17, 15) is 14.4 Å². The molecule has 0 spiro atoms. The number of methoxy groups -OCH3 is 1. The number of rotatable bonds is 7. The molecule has 7 nitrogen and oxygen atoms in total. The summed E-state index contributed by atoms with van der Waals surface area (Å²) in [6, 6.07) is 13.8. The molecule has 0 saturated carbocycles. The van der Waals surface area contributed by atoms with E-state index in [1.165, 1.54) is 21.0 Å². The average molecular weight is 395 g/mol. The molecule has 0 aliphatic heterocycles. The number of carbonyl (C=O) groups is 3. The van der Waals surface area contributed by atoms with Crippen molar-refractivity contribution < 1.29 is 28.3 Å². The molecule has 2 aromatic carbocycles. The van der Waals surface area contributed by atoms with Gasteiger partial charge in [-0.3, -0.25) is 9.59 Å². The molecule has 0 saturated heterocycles. The first-order valence-corrected chi connectivity index (χ1v) is 9.03. The van der Waals surface area contributed by atoms with E-state index in [0.29, 0.717) is 22.4 Å². The molecule has 1 heterocycles. The fraction of sp³-hybridized carbons (Fsp3) is 0.227. The summed E-state index contributed by atoms with van der Waals surface area (Å²) >= 11 is 0. The van der Waals surface area contributed by atoms with E-state index in [1.807, 2.05) is 12.1 Å². The zero-order chi connectivity index (χ0) is 21.0. The number of nitrogens with one attached hydrogen (secondary N) is 1. The van der Waals surface area contributed by atoms with Gasteiger partial charge in [-0.05, 0) is 32.0 Å². The number of carbonyl (C=O) groups excluding carboxylic acids is 3. The van der Waals surface area contributed by atoms with Gasteiger partial charge in [-0.25, -0.2) is 4.79 Å². The molecule has 0 aliphatic carbocycles. The molecule has 1 aromatic heterocycles. The van der Waals surface area contributed by atoms with Crippen LogP contribution in [0.3, 0.4) is 0 Å². The molecule has 150 valence electrons. The Morgan fingerprint density at radius 1 is 1.07 bits per heavy atom. The number of amides is 1. The molecule has 0 unspecified atom stereocenters. The number of para-hydroxylation sites is 2. The Balaban J connectivity index is 1.77. The molecule has 1 N–H and O–H groups in total. The van der Waals surface area contributed by atoms with Crippen LogP contribution in [-0.2, 0) is 20.9 Å². The summed E-state index contributed by atoms with van der Waals surface area (Å²) in [6.45, 7) is 3.02. The normalized spacial score (nSPS) is 11.8. The third-order valence-corrected chi connectivity index (χ3v) is 4.39. The Hall–Kier alpha value is -3.45. The second-order valence-corrected chi connectivity index (χ2v) is 6.48. The monoisotopic (exact) mass is 395 g/mol. The summed E-state index contributed by atoms with van der Waals surface area (Å²) in [5.41, 5.74) is 1.82. The third-order valence-electron chi connectivity index (χ3n) is 4.39. The van der Waals surface area contributed by atoms with Crippen LogP contribution in [0.5, 0.6) is 0 Å². The summed E-state index contributed by atoms with van der Waals surface area (Å²) < 4.78 is 16.1. The minimum Gasteiger partial charge on any atom is -0.449 e. The van der Waals surface area contributed by atoms with Gasteiger partial charge < -0.3 is 19.2 Å². The number of anilines is 1. The SMILES string of the molecule is COCc1c(C(=O)O[C@H](C)C(=O)Nc2ccccc2C(C)=O)oc2ccccc12. The Bertz CT molecular complexity index is 1070. The van der Waals surface area contributed by atoms with Gasteiger partial charge in [0.1, 0.15) is 5.58 Å². The summed E-state index contributed by atoms with van der Waals surface area (Å²) in [7, 11) is 1.51. The van der Waals surface area contributed by atoms with Crippen LogP contribution in [0.15, 0.2) is 52.9 Å². The molecule has 1 amide bonds. The highest BCUT2D eigenvalue weighted by Crippen LogP contribution is 2.27. The average Bonchev–Trinajstić information content (AvgIpc) is 3.07. The van der Waals surface area contributed by atoms with Gasteiger partial charge in [0.05, 0.1) is 12.3 Å². The maximum atomic E-state index is 12.6. The van der Waals surface area contributed by atoms with Gasteiger partial charge in [-0.2, -0.15) is 0 Å². The van der Waals surface area contributed by atoms with Crippen molar-refractivity contribution >= 4 is 34.3 Å². The van der Waals surface area contributed by atoms with Gasteiger partial charge in [0.15, 0.2) is 11.9 Å². The number of hydrogen-bond acceptors (Lipinski definition) is 6. The number of esters is 1. The molecule has 29 heavy (non-hydrogen) atoms. The molecule has 0 aliphatic rings. The van der Waals surface area contributed by atoms with Crippen LogP contribution >= 0.6 is 0 Å². The lowest BCUT2D eigenvalue weighted by Gasteiger charge is -2.14. The van der Waals surface area contributed by atoms with Crippen molar-refractivity contribution in [2.45, 2.75) is 26.6 Å². The van der Waals surface area contributed by atoms with Gasteiger partial charge in [0.25, 0.3) is 5.91 Å². The highest BCUT2D eigenvalue weighted by molar-refractivity contribution is 6.05. The molecule has 0 radical (unpaired) electrons. The molecular weight excluding hydrogens is 374 g/mol. The largest absolute Gasteiger partial charge is 0.449 e. The standard InChI is InChI=1S/C22H21NO6/c1-13(24)15-8-4-6-10-18(15)23-21(25)14(2)28-22(26)20-17(12-27-3)16-9-5-7-11-19(16)29-20/h4-11,14H,12H2,1-3H3,(H,23,25)/t14-/m1/s1. The smallest absolute Gasteiger partial charge is 0.375 e. The number of ether oxygens (including phenoxy) is 2. The first-order chi connectivity index (χ1) is 13.9. The fourth-order valence-electron chi connectivity index (χ4n) is 2.95. The minimum atomic E-state index is -1.11. The van der Waals surface area contributed by atoms with E-state index in [-0.39, 0.29) is 18.2 Å². The molecular formula is C22H21NO6. The van der Waals surface area contributed by atoms with Crippen LogP contribution in [0.4, 0.5) is 5.69 Å². The summed E-state index contributed by atoms with van der Waals surface area (Å²) in [5, 5.41) is 3.37. The van der Waals surface area contributed by atoms with E-state index in [4.69, 9.17) is 13.9 Å². The zero-order valence-corrected chi connectivity index (χ0v) is 16.4. The molecule has 7 heteroatoms. The van der Waals surface area contributed by atoms with Crippen molar-refractivity contribution in [3.63, 3.8) is 0 Å². The summed E-state index contributed by atoms with van der Waals surface area (Å²) in [4.78, 5) is 36.8. The zero-order valence-electron chi connectivity index (χ0n) is 16.4. The number of ketones is 1. The van der Waals surface area contributed by atoms with Crippen molar-refractivity contribution in [1.82, 2.24) is 0 Å². The lowest BCUT2D eigenvalue weighted by atomic mass is 10.1. The van der Waals surface area contributed by atoms with Gasteiger partial charge in [-0.15, -0.1) is 0 Å². The maximum Gasteiger partial charge on any atom is 0.375 e. The molecule has 1 atom stereocenters. The maximum absolute atomic E-state index is 12.6. The molecule has 0 bridgehead atoms. The second kappa shape index (κ2) is 8.70. The first-order valence-electron chi connectivity index (χ1n) is 9.03. The predicted molar refractivity (Wildman–Crippen MR) is 107 cm³/mol. The Morgan fingerprint density at radius 2 is 1.76 bits per heavy atom. The number of furan rings is 1. The van der Waals surface area contributed by atoms with Gasteiger partial charge in [-0.1, -0.05) is 30.3 Å². The Kier molecular flexibility index (Phi) is 6.09. The van der Waals surface area contributed by atoms with Crippen molar-refractivity contribution in [2.24, 2.45) is 0 Å². The van der Waals surface area contributed by atoms with Crippen LogP contribution in [0, 0.1) is 0 Å². The highest BCUT2D eigenvalue weighted by atomic mass is 16.6. The topological polar surface area (TPSA) is 94.8 Å². The van der Waals surface area contributed by atoms with Crippen LogP contribution in [0.25, 0.3) is 11.0 Å². The van der Waals surface area contributed by atoms with E-state index in [0.717, 1.165) is 5.39 Å². The summed E-state index contributed by atoms with van der Waals surface area (Å²) in [5.74, 6) is -1.51. The lowest BCUT2D eigenvalue weighted by Crippen LogP contribution is -2.30. The predicted octanol–water partition coefficient (Wildman–Crippen LogP) is 3.97. The van der Waals surface area contributed by atoms with Crippen molar-refractivity contribution in [3.05, 3.63) is 65.4 Å². The van der Waals surface area contributed by atoms with E-state index in [1.54, 1.807) is 36.4 Å². The van der Waals surface area contributed by atoms with Crippen LogP contribution in [0.2, 0.25) is 0 Å². The Morgan fingerprint density at radius 3 is 2.48 bits per heavy atom. The molecule has 3 rings (SSSR count). The quantitative estimate of drug-likeness (QED) is 0.481. The second-order valence-electron chi connectivity index (χ2n) is 6.48. The molecule has 0 fully saturated rings. The van der Waals surface area contributed by atoms with Crippen LogP contribution in [-0.4, -0.2) is 30.9 Å². The van der Waals surface area contributed by atoms with Crippen molar-refractivity contribution in [3.8, 4) is 0 Å². The number of hydrogen-bond donors (Lipinski definition) is 1. The van der Waals surface area contributed by atoms with Crippen LogP contribution in [0.1, 0.15) is 40.3 Å². The van der Waals surface area contributed by atoms with E-state index < -0.39 is 18.0 Å². The number of benzene rings is 2. The first kappa shape index (κ1) is 20.3. The van der Waals surface area contributed by atoms with E-state index in [2.05, 4.69) is 5.32 Å². The highest BCUT2D eigenvalue weighted by Gasteiger charge is 2.26. The third kappa shape index (κ3) is 4.35. The number of fused-ring (bicyclic) bond motifs is 1. The number of Topliss-reactive ketones (excluding diaryl/α,β-unsaturated/α-hetero) is 1.